The minimum Gasteiger partial charge on any atom is -0.495 e. The smallest absolute Gasteiger partial charge is 0.269 e. The molecule has 0 aliphatic carbocycles. The molecule has 1 N–H and O–H groups in total. The Hall–Kier alpha value is -2.87. The van der Waals surface area contributed by atoms with E-state index < -0.39 is 27.9 Å². The predicted molar refractivity (Wildman–Crippen MR) is 90.9 cm³/mol. The summed E-state index contributed by atoms with van der Waals surface area (Å²) in [4.78, 5) is 24.9. The molecule has 0 spiro atoms. The number of methoxy groups -OCH3 is 1. The van der Waals surface area contributed by atoms with Crippen molar-refractivity contribution in [2.45, 2.75) is 17.9 Å². The zero-order chi connectivity index (χ0) is 18.2. The fourth-order valence-electron chi connectivity index (χ4n) is 2.68. The highest BCUT2D eigenvalue weighted by Crippen LogP contribution is 2.32. The molecule has 1 aliphatic heterocycles. The van der Waals surface area contributed by atoms with Crippen molar-refractivity contribution in [2.75, 3.05) is 12.4 Å². The van der Waals surface area contributed by atoms with Crippen molar-refractivity contribution in [3.63, 3.8) is 0 Å². The number of anilines is 1. The molecule has 0 saturated carbocycles. The van der Waals surface area contributed by atoms with Gasteiger partial charge >= 0.3 is 0 Å². The molecule has 0 bridgehead atoms. The predicted octanol–water partition coefficient (Wildman–Crippen LogP) is 1.87. The second kappa shape index (κ2) is 6.21. The SMILES string of the molecule is COc1ccccc1NC(=O)[C@@H](C)N1C(=O)c2ccccc2S1(=O)=O. The molecule has 0 unspecified atom stereocenters. The van der Waals surface area contributed by atoms with E-state index in [1.54, 1.807) is 30.3 Å². The summed E-state index contributed by atoms with van der Waals surface area (Å²) in [6.45, 7) is 1.37. The summed E-state index contributed by atoms with van der Waals surface area (Å²) in [6, 6.07) is 11.4. The van der Waals surface area contributed by atoms with Crippen LogP contribution in [0, 0.1) is 0 Å². The number of rotatable bonds is 4. The van der Waals surface area contributed by atoms with Gasteiger partial charge in [0, 0.05) is 0 Å². The largest absolute Gasteiger partial charge is 0.495 e. The lowest BCUT2D eigenvalue weighted by molar-refractivity contribution is -0.118. The van der Waals surface area contributed by atoms with Gasteiger partial charge in [-0.2, -0.15) is 0 Å². The van der Waals surface area contributed by atoms with Crippen LogP contribution in [-0.4, -0.2) is 37.7 Å². The molecule has 7 nitrogen and oxygen atoms in total. The van der Waals surface area contributed by atoms with Crippen molar-refractivity contribution in [2.24, 2.45) is 0 Å². The van der Waals surface area contributed by atoms with Crippen LogP contribution in [0.2, 0.25) is 0 Å². The molecule has 0 fully saturated rings. The van der Waals surface area contributed by atoms with Crippen LogP contribution >= 0.6 is 0 Å². The van der Waals surface area contributed by atoms with Gasteiger partial charge in [0.15, 0.2) is 0 Å². The molecule has 130 valence electrons. The minimum absolute atomic E-state index is 0.0689. The Morgan fingerprint density at radius 1 is 1.12 bits per heavy atom. The van der Waals surface area contributed by atoms with E-state index in [-0.39, 0.29) is 10.5 Å². The Kier molecular flexibility index (Phi) is 4.22. The zero-order valence-corrected chi connectivity index (χ0v) is 14.4. The van der Waals surface area contributed by atoms with Crippen LogP contribution in [0.15, 0.2) is 53.4 Å². The van der Waals surface area contributed by atoms with Crippen molar-refractivity contribution in [3.8, 4) is 5.75 Å². The van der Waals surface area contributed by atoms with Gasteiger partial charge in [0.25, 0.3) is 15.9 Å². The van der Waals surface area contributed by atoms with Gasteiger partial charge in [0.2, 0.25) is 5.91 Å². The number of nitrogens with one attached hydrogen (secondary N) is 1. The molecule has 1 aliphatic rings. The second-order valence-electron chi connectivity index (χ2n) is 5.47. The maximum atomic E-state index is 12.6. The number of hydrogen-bond acceptors (Lipinski definition) is 5. The first-order valence-corrected chi connectivity index (χ1v) is 8.93. The molecule has 1 heterocycles. The van der Waals surface area contributed by atoms with E-state index >= 15 is 0 Å². The van der Waals surface area contributed by atoms with Crippen LogP contribution in [0.3, 0.4) is 0 Å². The fourth-order valence-corrected chi connectivity index (χ4v) is 4.40. The first kappa shape index (κ1) is 17.0. The Morgan fingerprint density at radius 3 is 2.44 bits per heavy atom. The number of fused-ring (bicyclic) bond motifs is 1. The molecule has 2 aromatic rings. The lowest BCUT2D eigenvalue weighted by Gasteiger charge is -2.22. The van der Waals surface area contributed by atoms with Crippen molar-refractivity contribution in [3.05, 3.63) is 54.1 Å². The number of amides is 2. The highest BCUT2D eigenvalue weighted by atomic mass is 32.2. The lowest BCUT2D eigenvalue weighted by atomic mass is 10.2. The van der Waals surface area contributed by atoms with Crippen molar-refractivity contribution in [1.29, 1.82) is 0 Å². The molecular formula is C17H16N2O5S. The van der Waals surface area contributed by atoms with E-state index in [1.165, 1.54) is 32.2 Å². The quantitative estimate of drug-likeness (QED) is 0.898. The summed E-state index contributed by atoms with van der Waals surface area (Å²) >= 11 is 0. The van der Waals surface area contributed by atoms with Crippen LogP contribution in [0.1, 0.15) is 17.3 Å². The van der Waals surface area contributed by atoms with E-state index in [1.807, 2.05) is 0 Å². The number of para-hydroxylation sites is 2. The molecule has 0 aromatic heterocycles. The molecule has 0 radical (unpaired) electrons. The first-order chi connectivity index (χ1) is 11.9. The minimum atomic E-state index is -4.06. The van der Waals surface area contributed by atoms with Gasteiger partial charge in [-0.15, -0.1) is 0 Å². The summed E-state index contributed by atoms with van der Waals surface area (Å²) in [6.07, 6.45) is 0. The van der Waals surface area contributed by atoms with Gasteiger partial charge in [-0.1, -0.05) is 24.3 Å². The van der Waals surface area contributed by atoms with E-state index in [2.05, 4.69) is 5.32 Å². The van der Waals surface area contributed by atoms with Gasteiger partial charge in [-0.05, 0) is 31.2 Å². The number of hydrogen-bond donors (Lipinski definition) is 1. The number of nitrogens with zero attached hydrogens (tertiary/aromatic N) is 1. The summed E-state index contributed by atoms with van der Waals surface area (Å²) in [5.41, 5.74) is 0.461. The van der Waals surface area contributed by atoms with Crippen LogP contribution in [0.5, 0.6) is 5.75 Å². The highest BCUT2D eigenvalue weighted by molar-refractivity contribution is 7.90. The van der Waals surface area contributed by atoms with Crippen molar-refractivity contribution in [1.82, 2.24) is 4.31 Å². The number of carbonyl (C=O) groups excluding carboxylic acids is 2. The molecule has 0 saturated heterocycles. The number of carbonyl (C=O) groups is 2. The Balaban J connectivity index is 1.90. The van der Waals surface area contributed by atoms with E-state index in [4.69, 9.17) is 4.74 Å². The van der Waals surface area contributed by atoms with Gasteiger partial charge in [0.05, 0.1) is 18.4 Å². The van der Waals surface area contributed by atoms with E-state index in [0.717, 1.165) is 0 Å². The average Bonchev–Trinajstić information content (AvgIpc) is 2.81. The topological polar surface area (TPSA) is 92.8 Å². The highest BCUT2D eigenvalue weighted by Gasteiger charge is 2.45. The maximum Gasteiger partial charge on any atom is 0.269 e. The molecule has 2 amide bonds. The summed E-state index contributed by atoms with van der Waals surface area (Å²) in [5.74, 6) is -0.908. The molecule has 25 heavy (non-hydrogen) atoms. The maximum absolute atomic E-state index is 12.6. The Bertz CT molecular complexity index is 955. The number of benzene rings is 2. The van der Waals surface area contributed by atoms with Crippen LogP contribution in [0.4, 0.5) is 5.69 Å². The van der Waals surface area contributed by atoms with Gasteiger partial charge in [-0.3, -0.25) is 9.59 Å². The third kappa shape index (κ3) is 2.74. The lowest BCUT2D eigenvalue weighted by Crippen LogP contribution is -2.45. The van der Waals surface area contributed by atoms with Crippen molar-refractivity contribution >= 4 is 27.5 Å². The molecule has 2 aromatic carbocycles. The molecular weight excluding hydrogens is 344 g/mol. The average molecular weight is 360 g/mol. The molecule has 8 heteroatoms. The normalized spacial score (nSPS) is 16.2. The summed E-state index contributed by atoms with van der Waals surface area (Å²) in [5, 5.41) is 2.60. The van der Waals surface area contributed by atoms with Gasteiger partial charge in [0.1, 0.15) is 16.7 Å². The zero-order valence-electron chi connectivity index (χ0n) is 13.6. The number of ether oxygens (including phenoxy) is 1. The first-order valence-electron chi connectivity index (χ1n) is 7.49. The molecule has 1 atom stereocenters. The fraction of sp³-hybridized carbons (Fsp3) is 0.176. The van der Waals surface area contributed by atoms with E-state index in [0.29, 0.717) is 15.7 Å². The third-order valence-electron chi connectivity index (χ3n) is 3.95. The van der Waals surface area contributed by atoms with Crippen LogP contribution in [-0.2, 0) is 14.8 Å². The van der Waals surface area contributed by atoms with Crippen molar-refractivity contribution < 1.29 is 22.7 Å². The third-order valence-corrected chi connectivity index (χ3v) is 5.86. The summed E-state index contributed by atoms with van der Waals surface area (Å²) < 4.78 is 31.0. The van der Waals surface area contributed by atoms with Gasteiger partial charge < -0.3 is 10.1 Å². The Labute approximate surface area is 145 Å². The second-order valence-corrected chi connectivity index (χ2v) is 7.25. The van der Waals surface area contributed by atoms with E-state index in [9.17, 15) is 18.0 Å². The monoisotopic (exact) mass is 360 g/mol. The standard InChI is InChI=1S/C17H16N2O5S/c1-11(16(20)18-13-8-4-5-9-14(13)24-2)19-17(21)12-7-3-6-10-15(12)25(19,22)23/h3-11H,1-2H3,(H,18,20)/t11-/m1/s1. The number of sulfonamides is 1. The summed E-state index contributed by atoms with van der Waals surface area (Å²) in [7, 11) is -2.60. The molecule has 3 rings (SSSR count). The van der Waals surface area contributed by atoms with Gasteiger partial charge in [-0.25, -0.2) is 12.7 Å². The van der Waals surface area contributed by atoms with Crippen LogP contribution < -0.4 is 10.1 Å². The Morgan fingerprint density at radius 2 is 1.76 bits per heavy atom. The van der Waals surface area contributed by atoms with Crippen LogP contribution in [0.25, 0.3) is 0 Å².